The van der Waals surface area contributed by atoms with Gasteiger partial charge in [0, 0.05) is 12.8 Å². The molecule has 0 bridgehead atoms. The van der Waals surface area contributed by atoms with Crippen LogP contribution in [-0.4, -0.2) is 25.0 Å². The van der Waals surface area contributed by atoms with Crippen LogP contribution in [0, 0.1) is 12.3 Å². The van der Waals surface area contributed by atoms with E-state index in [1.54, 1.807) is 6.92 Å². The van der Waals surface area contributed by atoms with Crippen LogP contribution in [0.1, 0.15) is 19.8 Å². The van der Waals surface area contributed by atoms with Gasteiger partial charge in [-0.15, -0.1) is 12.3 Å². The molecular weight excluding hydrogens is 170 g/mol. The first-order valence-corrected chi connectivity index (χ1v) is 3.92. The van der Waals surface area contributed by atoms with Crippen LogP contribution in [0.3, 0.4) is 0 Å². The van der Waals surface area contributed by atoms with E-state index in [1.807, 2.05) is 0 Å². The summed E-state index contributed by atoms with van der Waals surface area (Å²) in [6.07, 6.45) is 5.58. The third-order valence-corrected chi connectivity index (χ3v) is 1.43. The summed E-state index contributed by atoms with van der Waals surface area (Å²) in [6.45, 7) is 1.56. The Hall–Kier alpha value is -1.50. The summed E-state index contributed by atoms with van der Waals surface area (Å²) < 4.78 is 4.42. The van der Waals surface area contributed by atoms with Gasteiger partial charge in [0.25, 0.3) is 0 Å². The topological polar surface area (TPSA) is 55.4 Å². The number of ether oxygens (including phenoxy) is 1. The summed E-state index contributed by atoms with van der Waals surface area (Å²) in [7, 11) is 1.27. The van der Waals surface area contributed by atoms with Gasteiger partial charge >= 0.3 is 5.97 Å². The first kappa shape index (κ1) is 11.5. The van der Waals surface area contributed by atoms with Crippen molar-refractivity contribution >= 4 is 11.9 Å². The molecule has 1 atom stereocenters. The first-order chi connectivity index (χ1) is 6.11. The lowest BCUT2D eigenvalue weighted by molar-refractivity contribution is -0.144. The molecule has 0 unspecified atom stereocenters. The van der Waals surface area contributed by atoms with Gasteiger partial charge in [-0.2, -0.15) is 0 Å². The van der Waals surface area contributed by atoms with Gasteiger partial charge in [0.05, 0.1) is 7.11 Å². The Morgan fingerprint density at radius 1 is 1.62 bits per heavy atom. The SMILES string of the molecule is C#CCCC(=O)N[C@@H](C)C(=O)OC. The van der Waals surface area contributed by atoms with Gasteiger partial charge in [-0.25, -0.2) is 4.79 Å². The minimum Gasteiger partial charge on any atom is -0.467 e. The fraction of sp³-hybridized carbons (Fsp3) is 0.556. The predicted octanol–water partition coefficient (Wildman–Crippen LogP) is 0.0775. The van der Waals surface area contributed by atoms with Gasteiger partial charge in [-0.1, -0.05) is 0 Å². The highest BCUT2D eigenvalue weighted by molar-refractivity contribution is 5.84. The highest BCUT2D eigenvalue weighted by Gasteiger charge is 2.14. The molecule has 1 N–H and O–H groups in total. The van der Waals surface area contributed by atoms with Gasteiger partial charge in [-0.3, -0.25) is 4.79 Å². The number of carbonyl (C=O) groups excluding carboxylic acids is 2. The maximum Gasteiger partial charge on any atom is 0.328 e. The van der Waals surface area contributed by atoms with Gasteiger partial charge in [0.2, 0.25) is 5.91 Å². The predicted molar refractivity (Wildman–Crippen MR) is 47.7 cm³/mol. The van der Waals surface area contributed by atoms with Crippen LogP contribution >= 0.6 is 0 Å². The van der Waals surface area contributed by atoms with E-state index in [4.69, 9.17) is 6.42 Å². The third-order valence-electron chi connectivity index (χ3n) is 1.43. The summed E-state index contributed by atoms with van der Waals surface area (Å²) in [6, 6.07) is -0.615. The van der Waals surface area contributed by atoms with Crippen LogP contribution in [0.5, 0.6) is 0 Å². The molecule has 0 spiro atoms. The molecule has 0 aliphatic carbocycles. The van der Waals surface area contributed by atoms with Crippen molar-refractivity contribution in [1.82, 2.24) is 5.32 Å². The van der Waals surface area contributed by atoms with E-state index in [0.717, 1.165) is 0 Å². The third kappa shape index (κ3) is 4.86. The van der Waals surface area contributed by atoms with Gasteiger partial charge < -0.3 is 10.1 Å². The zero-order valence-corrected chi connectivity index (χ0v) is 7.79. The van der Waals surface area contributed by atoms with Gasteiger partial charge in [0.1, 0.15) is 6.04 Å². The molecule has 0 aliphatic heterocycles. The lowest BCUT2D eigenvalue weighted by Crippen LogP contribution is -2.38. The number of hydrogen-bond donors (Lipinski definition) is 1. The standard InChI is InChI=1S/C9H13NO3/c1-4-5-6-8(11)10-7(2)9(12)13-3/h1,7H,5-6H2,2-3H3,(H,10,11)/t7-/m0/s1. The van der Waals surface area contributed by atoms with E-state index >= 15 is 0 Å². The summed E-state index contributed by atoms with van der Waals surface area (Å²) in [5.74, 6) is 1.63. The largest absolute Gasteiger partial charge is 0.467 e. The number of esters is 1. The summed E-state index contributed by atoms with van der Waals surface area (Å²) >= 11 is 0. The van der Waals surface area contributed by atoms with Crippen LogP contribution in [0.2, 0.25) is 0 Å². The molecule has 0 aliphatic rings. The Morgan fingerprint density at radius 2 is 2.23 bits per heavy atom. The van der Waals surface area contributed by atoms with Crippen molar-refractivity contribution in [2.45, 2.75) is 25.8 Å². The van der Waals surface area contributed by atoms with Crippen molar-refractivity contribution in [3.8, 4) is 12.3 Å². The number of rotatable bonds is 4. The van der Waals surface area contributed by atoms with Crippen LogP contribution in [0.15, 0.2) is 0 Å². The molecule has 1 amide bonds. The van der Waals surface area contributed by atoms with Crippen molar-refractivity contribution in [3.05, 3.63) is 0 Å². The molecular formula is C9H13NO3. The Kier molecular flexibility index (Phi) is 5.37. The maximum absolute atomic E-state index is 11.0. The maximum atomic E-state index is 11.0. The Bertz CT molecular complexity index is 230. The molecule has 4 nitrogen and oxygen atoms in total. The average molecular weight is 183 g/mol. The number of methoxy groups -OCH3 is 1. The van der Waals surface area contributed by atoms with Crippen molar-refractivity contribution in [3.63, 3.8) is 0 Å². The molecule has 72 valence electrons. The Balaban J connectivity index is 3.79. The Morgan fingerprint density at radius 3 is 2.69 bits per heavy atom. The van der Waals surface area contributed by atoms with E-state index in [9.17, 15) is 9.59 Å². The van der Waals surface area contributed by atoms with Crippen LogP contribution in [0.25, 0.3) is 0 Å². The first-order valence-electron chi connectivity index (χ1n) is 3.92. The van der Waals surface area contributed by atoms with E-state index in [0.29, 0.717) is 6.42 Å². The lowest BCUT2D eigenvalue weighted by Gasteiger charge is -2.10. The summed E-state index contributed by atoms with van der Waals surface area (Å²) in [5, 5.41) is 2.46. The van der Waals surface area contributed by atoms with Gasteiger partial charge in [-0.05, 0) is 6.92 Å². The summed E-state index contributed by atoms with van der Waals surface area (Å²) in [5.41, 5.74) is 0. The summed E-state index contributed by atoms with van der Waals surface area (Å²) in [4.78, 5) is 21.9. The molecule has 0 saturated carbocycles. The quantitative estimate of drug-likeness (QED) is 0.496. The van der Waals surface area contributed by atoms with Gasteiger partial charge in [0.15, 0.2) is 0 Å². The second-order valence-electron chi connectivity index (χ2n) is 2.52. The Labute approximate surface area is 77.6 Å². The van der Waals surface area contributed by atoms with E-state index in [-0.39, 0.29) is 12.3 Å². The highest BCUT2D eigenvalue weighted by atomic mass is 16.5. The van der Waals surface area contributed by atoms with Crippen molar-refractivity contribution in [2.24, 2.45) is 0 Å². The fourth-order valence-corrected chi connectivity index (χ4v) is 0.735. The molecule has 0 heterocycles. The molecule has 0 rings (SSSR count). The minimum absolute atomic E-state index is 0.234. The molecule has 0 saturated heterocycles. The van der Waals surface area contributed by atoms with Crippen molar-refractivity contribution < 1.29 is 14.3 Å². The molecule has 0 radical (unpaired) electrons. The van der Waals surface area contributed by atoms with Crippen molar-refractivity contribution in [2.75, 3.05) is 7.11 Å². The van der Waals surface area contributed by atoms with E-state index < -0.39 is 12.0 Å². The normalized spacial score (nSPS) is 11.2. The monoisotopic (exact) mass is 183 g/mol. The number of nitrogens with one attached hydrogen (secondary N) is 1. The smallest absolute Gasteiger partial charge is 0.328 e. The lowest BCUT2D eigenvalue weighted by atomic mass is 10.2. The number of carbonyl (C=O) groups is 2. The average Bonchev–Trinajstić information content (AvgIpc) is 2.13. The minimum atomic E-state index is -0.615. The molecule has 0 aromatic heterocycles. The second-order valence-corrected chi connectivity index (χ2v) is 2.52. The molecule has 0 aromatic rings. The van der Waals surface area contributed by atoms with Crippen LogP contribution in [-0.2, 0) is 14.3 Å². The highest BCUT2D eigenvalue weighted by Crippen LogP contribution is 1.90. The number of hydrogen-bond acceptors (Lipinski definition) is 3. The second kappa shape index (κ2) is 6.06. The molecule has 0 aromatic carbocycles. The van der Waals surface area contributed by atoms with E-state index in [1.165, 1.54) is 7.11 Å². The van der Waals surface area contributed by atoms with Crippen LogP contribution < -0.4 is 5.32 Å². The fourth-order valence-electron chi connectivity index (χ4n) is 0.735. The van der Waals surface area contributed by atoms with E-state index in [2.05, 4.69) is 16.0 Å². The molecule has 4 heteroatoms. The molecule has 0 fully saturated rings. The number of amides is 1. The van der Waals surface area contributed by atoms with Crippen LogP contribution in [0.4, 0.5) is 0 Å². The number of terminal acetylenes is 1. The molecule has 13 heavy (non-hydrogen) atoms. The zero-order valence-electron chi connectivity index (χ0n) is 7.79. The van der Waals surface area contributed by atoms with Crippen molar-refractivity contribution in [1.29, 1.82) is 0 Å². The zero-order chi connectivity index (χ0) is 10.3.